The molecule has 1 heterocycles. The molecule has 2 N–H and O–H groups in total. The molecule has 0 amide bonds. The molecule has 3 nitrogen and oxygen atoms in total. The van der Waals surface area contributed by atoms with Crippen LogP contribution in [-0.2, 0) is 5.60 Å². The minimum absolute atomic E-state index is 0.0789. The number of hydrogen-bond donors (Lipinski definition) is 2. The predicted octanol–water partition coefficient (Wildman–Crippen LogP) is 2.84. The van der Waals surface area contributed by atoms with Crippen LogP contribution in [0.4, 0.5) is 0 Å². The maximum absolute atomic E-state index is 10.4. The van der Waals surface area contributed by atoms with E-state index in [-0.39, 0.29) is 6.04 Å². The Labute approximate surface area is 107 Å². The molecule has 2 unspecified atom stereocenters. The average molecular weight is 245 g/mol. The fourth-order valence-electron chi connectivity index (χ4n) is 1.89. The van der Waals surface area contributed by atoms with Gasteiger partial charge in [0, 0.05) is 6.54 Å². The lowest BCUT2D eigenvalue weighted by molar-refractivity contribution is 0.0536. The van der Waals surface area contributed by atoms with Gasteiger partial charge in [-0.15, -0.1) is 0 Å². The van der Waals surface area contributed by atoms with Crippen molar-refractivity contribution >= 4 is 0 Å². The van der Waals surface area contributed by atoms with E-state index in [1.54, 1.807) is 6.26 Å². The van der Waals surface area contributed by atoms with Crippen LogP contribution < -0.4 is 5.32 Å². The molecule has 0 radical (unpaired) electrons. The van der Waals surface area contributed by atoms with E-state index in [2.05, 4.69) is 5.32 Å². The SMILES string of the molecule is CC(NCC(C)(O)c1ccccc1)c1ccco1. The number of benzene rings is 1. The van der Waals surface area contributed by atoms with Crippen LogP contribution in [0.3, 0.4) is 0 Å². The summed E-state index contributed by atoms with van der Waals surface area (Å²) in [6, 6.07) is 13.5. The molecule has 0 bridgehead atoms. The van der Waals surface area contributed by atoms with Gasteiger partial charge in [-0.25, -0.2) is 0 Å². The maximum Gasteiger partial charge on any atom is 0.120 e. The molecule has 0 fully saturated rings. The van der Waals surface area contributed by atoms with Crippen molar-refractivity contribution in [2.24, 2.45) is 0 Å². The van der Waals surface area contributed by atoms with Gasteiger partial charge in [0.05, 0.1) is 17.9 Å². The van der Waals surface area contributed by atoms with Crippen molar-refractivity contribution < 1.29 is 9.52 Å². The normalized spacial score (nSPS) is 16.2. The van der Waals surface area contributed by atoms with E-state index in [9.17, 15) is 5.11 Å². The van der Waals surface area contributed by atoms with Crippen molar-refractivity contribution in [1.82, 2.24) is 5.32 Å². The number of furan rings is 1. The number of rotatable bonds is 5. The number of nitrogens with one attached hydrogen (secondary N) is 1. The van der Waals surface area contributed by atoms with E-state index >= 15 is 0 Å². The average Bonchev–Trinajstić information content (AvgIpc) is 2.91. The van der Waals surface area contributed by atoms with Crippen molar-refractivity contribution in [2.75, 3.05) is 6.54 Å². The third-order valence-corrected chi connectivity index (χ3v) is 3.12. The van der Waals surface area contributed by atoms with Gasteiger partial charge in [-0.1, -0.05) is 30.3 Å². The lowest BCUT2D eigenvalue weighted by Crippen LogP contribution is -2.36. The molecule has 0 aliphatic rings. The second-order valence-electron chi connectivity index (χ2n) is 4.76. The summed E-state index contributed by atoms with van der Waals surface area (Å²) in [6.45, 7) is 4.29. The zero-order valence-electron chi connectivity index (χ0n) is 10.8. The maximum atomic E-state index is 10.4. The van der Waals surface area contributed by atoms with E-state index in [4.69, 9.17) is 4.42 Å². The lowest BCUT2D eigenvalue weighted by atomic mass is 9.96. The quantitative estimate of drug-likeness (QED) is 0.851. The molecule has 96 valence electrons. The summed E-state index contributed by atoms with van der Waals surface area (Å²) in [5, 5.41) is 13.7. The van der Waals surface area contributed by atoms with Crippen molar-refractivity contribution in [1.29, 1.82) is 0 Å². The molecule has 1 aromatic carbocycles. The third kappa shape index (κ3) is 3.00. The third-order valence-electron chi connectivity index (χ3n) is 3.12. The van der Waals surface area contributed by atoms with Crippen LogP contribution in [0.5, 0.6) is 0 Å². The minimum atomic E-state index is -0.887. The molecule has 0 spiro atoms. The molecule has 0 aliphatic carbocycles. The molecule has 18 heavy (non-hydrogen) atoms. The second kappa shape index (κ2) is 5.38. The molecule has 2 aromatic rings. The van der Waals surface area contributed by atoms with E-state index in [1.807, 2.05) is 56.3 Å². The standard InChI is InChI=1S/C15H19NO2/c1-12(14-9-6-10-18-14)16-11-15(2,17)13-7-4-3-5-8-13/h3-10,12,16-17H,11H2,1-2H3. The van der Waals surface area contributed by atoms with Gasteiger partial charge in [0.2, 0.25) is 0 Å². The van der Waals surface area contributed by atoms with Crippen LogP contribution >= 0.6 is 0 Å². The summed E-state index contributed by atoms with van der Waals surface area (Å²) >= 11 is 0. The highest BCUT2D eigenvalue weighted by atomic mass is 16.3. The summed E-state index contributed by atoms with van der Waals surface area (Å²) in [6.07, 6.45) is 1.66. The van der Waals surface area contributed by atoms with E-state index in [0.29, 0.717) is 6.54 Å². The Morgan fingerprint density at radius 1 is 1.22 bits per heavy atom. The molecular weight excluding hydrogens is 226 g/mol. The van der Waals surface area contributed by atoms with Crippen molar-refractivity contribution in [2.45, 2.75) is 25.5 Å². The second-order valence-corrected chi connectivity index (χ2v) is 4.76. The Balaban J connectivity index is 1.97. The summed E-state index contributed by atoms with van der Waals surface area (Å²) in [5.74, 6) is 0.874. The fourth-order valence-corrected chi connectivity index (χ4v) is 1.89. The molecule has 0 saturated heterocycles. The van der Waals surface area contributed by atoms with Gasteiger partial charge in [0.25, 0.3) is 0 Å². The van der Waals surface area contributed by atoms with Gasteiger partial charge < -0.3 is 14.8 Å². The van der Waals surface area contributed by atoms with Gasteiger partial charge in [0.15, 0.2) is 0 Å². The minimum Gasteiger partial charge on any atom is -0.468 e. The van der Waals surface area contributed by atoms with Gasteiger partial charge in [0.1, 0.15) is 5.76 Å². The fraction of sp³-hybridized carbons (Fsp3) is 0.333. The smallest absolute Gasteiger partial charge is 0.120 e. The topological polar surface area (TPSA) is 45.4 Å². The van der Waals surface area contributed by atoms with E-state index in [1.165, 1.54) is 0 Å². The molecule has 2 rings (SSSR count). The van der Waals surface area contributed by atoms with Gasteiger partial charge in [-0.2, -0.15) is 0 Å². The van der Waals surface area contributed by atoms with Crippen LogP contribution in [0.15, 0.2) is 53.1 Å². The Hall–Kier alpha value is -1.58. The van der Waals surface area contributed by atoms with E-state index in [0.717, 1.165) is 11.3 Å². The van der Waals surface area contributed by atoms with Crippen molar-refractivity contribution in [3.63, 3.8) is 0 Å². The molecule has 2 atom stereocenters. The molecule has 3 heteroatoms. The van der Waals surface area contributed by atoms with Gasteiger partial charge in [-0.3, -0.25) is 0 Å². The van der Waals surface area contributed by atoms with Gasteiger partial charge >= 0.3 is 0 Å². The Morgan fingerprint density at radius 3 is 2.56 bits per heavy atom. The molecule has 0 aliphatic heterocycles. The highest BCUT2D eigenvalue weighted by Crippen LogP contribution is 2.21. The summed E-state index contributed by atoms with van der Waals surface area (Å²) < 4.78 is 5.32. The van der Waals surface area contributed by atoms with Crippen LogP contribution in [0.2, 0.25) is 0 Å². The summed E-state index contributed by atoms with van der Waals surface area (Å²) in [4.78, 5) is 0. The van der Waals surface area contributed by atoms with E-state index < -0.39 is 5.60 Å². The first-order chi connectivity index (χ1) is 8.59. The first kappa shape index (κ1) is 12.9. The lowest BCUT2D eigenvalue weighted by Gasteiger charge is -2.26. The Kier molecular flexibility index (Phi) is 3.84. The molecule has 0 saturated carbocycles. The summed E-state index contributed by atoms with van der Waals surface area (Å²) in [7, 11) is 0. The number of aliphatic hydroxyl groups is 1. The molecular formula is C15H19NO2. The van der Waals surface area contributed by atoms with Gasteiger partial charge in [-0.05, 0) is 31.5 Å². The zero-order chi connectivity index (χ0) is 13.0. The largest absolute Gasteiger partial charge is 0.468 e. The van der Waals surface area contributed by atoms with Crippen LogP contribution in [-0.4, -0.2) is 11.7 Å². The zero-order valence-corrected chi connectivity index (χ0v) is 10.8. The highest BCUT2D eigenvalue weighted by Gasteiger charge is 2.23. The Bertz CT molecular complexity index is 463. The Morgan fingerprint density at radius 2 is 1.94 bits per heavy atom. The summed E-state index contributed by atoms with van der Waals surface area (Å²) in [5.41, 5.74) is 0.0198. The number of hydrogen-bond acceptors (Lipinski definition) is 3. The highest BCUT2D eigenvalue weighted by molar-refractivity contribution is 5.21. The predicted molar refractivity (Wildman–Crippen MR) is 71.1 cm³/mol. The van der Waals surface area contributed by atoms with Crippen LogP contribution in [0, 0.1) is 0 Å². The monoisotopic (exact) mass is 245 g/mol. The first-order valence-electron chi connectivity index (χ1n) is 6.14. The van der Waals surface area contributed by atoms with Crippen molar-refractivity contribution in [3.8, 4) is 0 Å². The van der Waals surface area contributed by atoms with Crippen molar-refractivity contribution in [3.05, 3.63) is 60.1 Å². The molecule has 1 aromatic heterocycles. The van der Waals surface area contributed by atoms with Crippen LogP contribution in [0.25, 0.3) is 0 Å². The first-order valence-corrected chi connectivity index (χ1v) is 6.14. The van der Waals surface area contributed by atoms with Crippen LogP contribution in [0.1, 0.15) is 31.2 Å².